The van der Waals surface area contributed by atoms with Crippen molar-refractivity contribution in [2.24, 2.45) is 0 Å². The predicted molar refractivity (Wildman–Crippen MR) is 144 cm³/mol. The molecular formula is C28H22BrN3O2S. The van der Waals surface area contributed by atoms with Crippen LogP contribution in [0.2, 0.25) is 0 Å². The van der Waals surface area contributed by atoms with E-state index in [1.807, 2.05) is 91.9 Å². The SMILES string of the molecule is Cc1ccc(S(=O)(=O)Nc2c(-c3ccccc3Br)c(-c3ccccc3)nn2-c2ccccc2)cc1. The number of anilines is 1. The van der Waals surface area contributed by atoms with Gasteiger partial charge in [0.25, 0.3) is 10.0 Å². The van der Waals surface area contributed by atoms with Gasteiger partial charge in [0.1, 0.15) is 5.69 Å². The summed E-state index contributed by atoms with van der Waals surface area (Å²) in [6.07, 6.45) is 0. The molecule has 0 fully saturated rings. The Balaban J connectivity index is 1.81. The van der Waals surface area contributed by atoms with Crippen LogP contribution in [0.4, 0.5) is 5.82 Å². The molecule has 1 heterocycles. The number of sulfonamides is 1. The van der Waals surface area contributed by atoms with E-state index < -0.39 is 10.0 Å². The third-order valence-electron chi connectivity index (χ3n) is 5.64. The monoisotopic (exact) mass is 543 g/mol. The van der Waals surface area contributed by atoms with Gasteiger partial charge in [0.05, 0.1) is 16.1 Å². The van der Waals surface area contributed by atoms with Crippen LogP contribution in [0.3, 0.4) is 0 Å². The Morgan fingerprint density at radius 2 is 1.37 bits per heavy atom. The lowest BCUT2D eigenvalue weighted by Gasteiger charge is -2.14. The van der Waals surface area contributed by atoms with Crippen LogP contribution in [-0.4, -0.2) is 18.2 Å². The highest BCUT2D eigenvalue weighted by Gasteiger charge is 2.27. The highest BCUT2D eigenvalue weighted by Crippen LogP contribution is 2.42. The van der Waals surface area contributed by atoms with Gasteiger partial charge in [-0.25, -0.2) is 13.1 Å². The van der Waals surface area contributed by atoms with E-state index in [4.69, 9.17) is 5.10 Å². The van der Waals surface area contributed by atoms with Gasteiger partial charge in [-0.15, -0.1) is 0 Å². The normalized spacial score (nSPS) is 11.4. The van der Waals surface area contributed by atoms with Gasteiger partial charge in [-0.05, 0) is 37.3 Å². The fraction of sp³-hybridized carbons (Fsp3) is 0.0357. The van der Waals surface area contributed by atoms with Crippen molar-refractivity contribution in [1.29, 1.82) is 0 Å². The van der Waals surface area contributed by atoms with E-state index in [0.29, 0.717) is 17.1 Å². The van der Waals surface area contributed by atoms with Gasteiger partial charge < -0.3 is 0 Å². The van der Waals surface area contributed by atoms with Crippen LogP contribution in [0.1, 0.15) is 5.56 Å². The van der Waals surface area contributed by atoms with Crippen LogP contribution >= 0.6 is 15.9 Å². The second kappa shape index (κ2) is 9.52. The van der Waals surface area contributed by atoms with Crippen LogP contribution in [0.25, 0.3) is 28.1 Å². The lowest BCUT2D eigenvalue weighted by Crippen LogP contribution is -2.16. The van der Waals surface area contributed by atoms with E-state index in [2.05, 4.69) is 20.7 Å². The fourth-order valence-corrected chi connectivity index (χ4v) is 5.43. The summed E-state index contributed by atoms with van der Waals surface area (Å²) in [7, 11) is -3.90. The van der Waals surface area contributed by atoms with Crippen molar-refractivity contribution in [1.82, 2.24) is 9.78 Å². The average Bonchev–Trinajstić information content (AvgIpc) is 3.24. The number of hydrogen-bond donors (Lipinski definition) is 1. The van der Waals surface area contributed by atoms with E-state index in [1.54, 1.807) is 28.9 Å². The maximum Gasteiger partial charge on any atom is 0.263 e. The Kier molecular flexibility index (Phi) is 6.28. The molecule has 0 aliphatic rings. The van der Waals surface area contributed by atoms with Crippen LogP contribution < -0.4 is 4.72 Å². The molecule has 5 nitrogen and oxygen atoms in total. The zero-order valence-corrected chi connectivity index (χ0v) is 21.3. The topological polar surface area (TPSA) is 64.0 Å². The number of aryl methyl sites for hydroxylation is 1. The number of benzene rings is 4. The molecule has 0 radical (unpaired) electrons. The van der Waals surface area contributed by atoms with Gasteiger partial charge in [0, 0.05) is 15.6 Å². The molecule has 0 bridgehead atoms. The summed E-state index contributed by atoms with van der Waals surface area (Å²) < 4.78 is 32.4. The van der Waals surface area contributed by atoms with E-state index in [0.717, 1.165) is 26.9 Å². The predicted octanol–water partition coefficient (Wildman–Crippen LogP) is 7.08. The molecule has 0 spiro atoms. The summed E-state index contributed by atoms with van der Waals surface area (Å²) >= 11 is 3.66. The molecule has 0 saturated heterocycles. The first-order chi connectivity index (χ1) is 16.9. The molecule has 0 saturated carbocycles. The molecule has 0 aliphatic heterocycles. The van der Waals surface area contributed by atoms with Gasteiger partial charge in [-0.1, -0.05) is 100 Å². The molecular weight excluding hydrogens is 522 g/mol. The van der Waals surface area contributed by atoms with Crippen molar-refractivity contribution in [3.05, 3.63) is 119 Å². The number of nitrogens with zero attached hydrogens (tertiary/aromatic N) is 2. The van der Waals surface area contributed by atoms with Crippen LogP contribution in [0, 0.1) is 6.92 Å². The molecule has 0 unspecified atom stereocenters. The highest BCUT2D eigenvalue weighted by atomic mass is 79.9. The minimum atomic E-state index is -3.90. The second-order valence-corrected chi connectivity index (χ2v) is 10.6. The zero-order chi connectivity index (χ0) is 24.4. The van der Waals surface area contributed by atoms with Crippen LogP contribution in [0.5, 0.6) is 0 Å². The second-order valence-electron chi connectivity index (χ2n) is 8.08. The van der Waals surface area contributed by atoms with E-state index >= 15 is 0 Å². The van der Waals surface area contributed by atoms with Gasteiger partial charge in [0.2, 0.25) is 0 Å². The molecule has 0 atom stereocenters. The van der Waals surface area contributed by atoms with Crippen LogP contribution in [-0.2, 0) is 10.0 Å². The third-order valence-corrected chi connectivity index (χ3v) is 7.69. The first-order valence-electron chi connectivity index (χ1n) is 11.0. The molecule has 0 aliphatic carbocycles. The van der Waals surface area contributed by atoms with E-state index in [1.165, 1.54) is 0 Å². The maximum atomic E-state index is 13.5. The number of halogens is 1. The zero-order valence-electron chi connectivity index (χ0n) is 18.9. The Morgan fingerprint density at radius 3 is 2.03 bits per heavy atom. The molecule has 0 amide bonds. The van der Waals surface area contributed by atoms with Crippen molar-refractivity contribution in [2.75, 3.05) is 4.72 Å². The van der Waals surface area contributed by atoms with Gasteiger partial charge >= 0.3 is 0 Å². The van der Waals surface area contributed by atoms with E-state index in [9.17, 15) is 8.42 Å². The maximum absolute atomic E-state index is 13.5. The summed E-state index contributed by atoms with van der Waals surface area (Å²) in [5.41, 5.74) is 4.79. The number of hydrogen-bond acceptors (Lipinski definition) is 3. The minimum Gasteiger partial charge on any atom is -0.263 e. The number of nitrogens with one attached hydrogen (secondary N) is 1. The fourth-order valence-electron chi connectivity index (χ4n) is 3.89. The lowest BCUT2D eigenvalue weighted by molar-refractivity contribution is 0.600. The summed E-state index contributed by atoms with van der Waals surface area (Å²) in [4.78, 5) is 0.184. The number of rotatable bonds is 6. The molecule has 1 aromatic heterocycles. The minimum absolute atomic E-state index is 0.184. The summed E-state index contributed by atoms with van der Waals surface area (Å²) in [5, 5.41) is 4.93. The van der Waals surface area contributed by atoms with Gasteiger partial charge in [-0.2, -0.15) is 5.10 Å². The highest BCUT2D eigenvalue weighted by molar-refractivity contribution is 9.10. The Morgan fingerprint density at radius 1 is 0.771 bits per heavy atom. The largest absolute Gasteiger partial charge is 0.263 e. The van der Waals surface area contributed by atoms with Crippen molar-refractivity contribution in [3.8, 4) is 28.1 Å². The standard InChI is InChI=1S/C28H22BrN3O2S/c1-20-16-18-23(19-17-20)35(33,34)31-28-26(24-14-8-9-15-25(24)29)27(21-10-4-2-5-11-21)30-32(28)22-12-6-3-7-13-22/h2-19,31H,1H3. The lowest BCUT2D eigenvalue weighted by atomic mass is 10.0. The van der Waals surface area contributed by atoms with Crippen molar-refractivity contribution in [2.45, 2.75) is 11.8 Å². The number of para-hydroxylation sites is 1. The average molecular weight is 544 g/mol. The van der Waals surface area contributed by atoms with Gasteiger partial charge in [-0.3, -0.25) is 4.72 Å². The van der Waals surface area contributed by atoms with E-state index in [-0.39, 0.29) is 4.90 Å². The van der Waals surface area contributed by atoms with Gasteiger partial charge in [0.15, 0.2) is 5.82 Å². The Labute approximate surface area is 213 Å². The van der Waals surface area contributed by atoms with Crippen molar-refractivity contribution in [3.63, 3.8) is 0 Å². The molecule has 5 aromatic rings. The van der Waals surface area contributed by atoms with Crippen molar-refractivity contribution >= 4 is 31.8 Å². The molecule has 5 rings (SSSR count). The summed E-state index contributed by atoms with van der Waals surface area (Å²) in [6, 6.07) is 33.8. The number of aromatic nitrogens is 2. The first kappa shape index (κ1) is 23.1. The van der Waals surface area contributed by atoms with Crippen LogP contribution in [0.15, 0.2) is 119 Å². The third kappa shape index (κ3) is 4.65. The smallest absolute Gasteiger partial charge is 0.263 e. The molecule has 1 N–H and O–H groups in total. The Bertz CT molecular complexity index is 1580. The summed E-state index contributed by atoms with van der Waals surface area (Å²) in [6.45, 7) is 1.92. The molecule has 7 heteroatoms. The first-order valence-corrected chi connectivity index (χ1v) is 13.3. The molecule has 35 heavy (non-hydrogen) atoms. The molecule has 174 valence electrons. The summed E-state index contributed by atoms with van der Waals surface area (Å²) in [5.74, 6) is 0.363. The quantitative estimate of drug-likeness (QED) is 0.249. The molecule has 4 aromatic carbocycles. The Hall–Kier alpha value is -3.68. The van der Waals surface area contributed by atoms with Crippen molar-refractivity contribution < 1.29 is 8.42 Å².